The average Bonchev–Trinajstić information content (AvgIpc) is 2.64. The van der Waals surface area contributed by atoms with Crippen LogP contribution in [0.3, 0.4) is 0 Å². The molecule has 0 aliphatic rings. The number of rotatable bonds is 16. The zero-order valence-electron chi connectivity index (χ0n) is 18.7. The summed E-state index contributed by atoms with van der Waals surface area (Å²) < 4.78 is 21.1. The molecule has 0 aliphatic carbocycles. The highest BCUT2D eigenvalue weighted by atomic mass is 32.2. The fourth-order valence-corrected chi connectivity index (χ4v) is 3.06. The molecule has 0 fully saturated rings. The Morgan fingerprint density at radius 1 is 1.00 bits per heavy atom. The average molecular weight is 437 g/mol. The molecule has 0 aromatic heterocycles. The predicted molar refractivity (Wildman–Crippen MR) is 116 cm³/mol. The van der Waals surface area contributed by atoms with Crippen LogP contribution in [0, 0.1) is 0 Å². The molecule has 0 saturated heterocycles. The Labute approximate surface area is 179 Å². The van der Waals surface area contributed by atoms with E-state index < -0.39 is 17.2 Å². The largest absolute Gasteiger partial charge is 0.465 e. The Hall–Kier alpha value is -1.03. The number of hydrogen-bond acceptors (Lipinski definition) is 8. The van der Waals surface area contributed by atoms with Crippen molar-refractivity contribution in [2.45, 2.75) is 65.0 Å². The zero-order chi connectivity index (χ0) is 22.2. The molecule has 8 nitrogen and oxygen atoms in total. The van der Waals surface area contributed by atoms with Crippen molar-refractivity contribution < 1.29 is 28.5 Å². The van der Waals surface area contributed by atoms with E-state index in [1.165, 1.54) is 0 Å². The van der Waals surface area contributed by atoms with Crippen molar-refractivity contribution >= 4 is 23.8 Å². The normalized spacial score (nSPS) is 13.6. The number of nitrogens with one attached hydrogen (secondary N) is 1. The van der Waals surface area contributed by atoms with Gasteiger partial charge in [0.05, 0.1) is 33.0 Å². The van der Waals surface area contributed by atoms with Gasteiger partial charge in [-0.1, -0.05) is 6.92 Å². The zero-order valence-corrected chi connectivity index (χ0v) is 19.5. The molecule has 9 heteroatoms. The van der Waals surface area contributed by atoms with Crippen LogP contribution in [0.5, 0.6) is 0 Å². The highest BCUT2D eigenvalue weighted by Gasteiger charge is 2.32. The molecular formula is C20H40N2O6S. The number of ether oxygens (including phenoxy) is 4. The van der Waals surface area contributed by atoms with Crippen molar-refractivity contribution in [2.24, 2.45) is 5.73 Å². The van der Waals surface area contributed by atoms with Crippen LogP contribution in [0.15, 0.2) is 0 Å². The van der Waals surface area contributed by atoms with Crippen LogP contribution in [0.2, 0.25) is 0 Å². The molecule has 0 aromatic rings. The summed E-state index contributed by atoms with van der Waals surface area (Å²) in [5.41, 5.74) is 4.78. The van der Waals surface area contributed by atoms with E-state index >= 15 is 0 Å². The maximum absolute atomic E-state index is 11.9. The highest BCUT2D eigenvalue weighted by Crippen LogP contribution is 2.18. The first-order valence-corrected chi connectivity index (χ1v) is 11.5. The minimum atomic E-state index is -0.872. The van der Waals surface area contributed by atoms with E-state index in [4.69, 9.17) is 24.7 Å². The Balaban J connectivity index is 3.50. The smallest absolute Gasteiger partial charge is 0.407 e. The minimum Gasteiger partial charge on any atom is -0.465 e. The van der Waals surface area contributed by atoms with Crippen LogP contribution in [0.1, 0.15) is 53.9 Å². The first kappa shape index (κ1) is 28.0. The van der Waals surface area contributed by atoms with Gasteiger partial charge in [0.1, 0.15) is 11.1 Å². The molecule has 0 aliphatic heterocycles. The third kappa shape index (κ3) is 15.5. The minimum absolute atomic E-state index is 0.308. The van der Waals surface area contributed by atoms with Crippen LogP contribution in [-0.2, 0) is 23.7 Å². The lowest BCUT2D eigenvalue weighted by molar-refractivity contribution is -0.150. The summed E-state index contributed by atoms with van der Waals surface area (Å²) in [7, 11) is 0. The Kier molecular flexibility index (Phi) is 15.2. The van der Waals surface area contributed by atoms with Gasteiger partial charge in [-0.3, -0.25) is 4.79 Å². The van der Waals surface area contributed by atoms with Crippen LogP contribution >= 0.6 is 11.8 Å². The molecule has 0 saturated carbocycles. The van der Waals surface area contributed by atoms with Crippen LogP contribution in [-0.4, -0.2) is 74.3 Å². The summed E-state index contributed by atoms with van der Waals surface area (Å²) >= 11 is 1.77. The quantitative estimate of drug-likeness (QED) is 0.281. The maximum Gasteiger partial charge on any atom is 0.407 e. The number of hydrogen-bond donors (Lipinski definition) is 2. The van der Waals surface area contributed by atoms with Gasteiger partial charge >= 0.3 is 12.1 Å². The fourth-order valence-electron chi connectivity index (χ4n) is 2.27. The SMILES string of the molecule is CCOC(=O)C(N)(CC)CCCSCCOCCOCCNC(=O)OC(C)(C)C. The second-order valence-electron chi connectivity index (χ2n) is 7.60. The van der Waals surface area contributed by atoms with E-state index in [2.05, 4.69) is 5.32 Å². The number of carbonyl (C=O) groups excluding carboxylic acids is 2. The third-order valence-corrected chi connectivity index (χ3v) is 4.92. The summed E-state index contributed by atoms with van der Waals surface area (Å²) in [5.74, 6) is 1.50. The van der Waals surface area contributed by atoms with Crippen molar-refractivity contribution in [2.75, 3.05) is 51.1 Å². The van der Waals surface area contributed by atoms with Gasteiger partial charge in [0.25, 0.3) is 0 Å². The van der Waals surface area contributed by atoms with E-state index in [0.29, 0.717) is 52.4 Å². The van der Waals surface area contributed by atoms with Crippen LogP contribution in [0.4, 0.5) is 4.79 Å². The second kappa shape index (κ2) is 15.8. The molecule has 1 atom stereocenters. The van der Waals surface area contributed by atoms with Crippen LogP contribution in [0.25, 0.3) is 0 Å². The van der Waals surface area contributed by atoms with E-state index in [9.17, 15) is 9.59 Å². The lowest BCUT2D eigenvalue weighted by Gasteiger charge is -2.25. The highest BCUT2D eigenvalue weighted by molar-refractivity contribution is 7.99. The number of amides is 1. The molecule has 1 amide bonds. The van der Waals surface area contributed by atoms with Gasteiger partial charge in [-0.15, -0.1) is 0 Å². The summed E-state index contributed by atoms with van der Waals surface area (Å²) in [5, 5.41) is 2.63. The van der Waals surface area contributed by atoms with E-state index in [-0.39, 0.29) is 5.97 Å². The molecule has 0 radical (unpaired) electrons. The van der Waals surface area contributed by atoms with Gasteiger partial charge < -0.3 is 30.0 Å². The van der Waals surface area contributed by atoms with Gasteiger partial charge in [-0.05, 0) is 52.7 Å². The van der Waals surface area contributed by atoms with Gasteiger partial charge in [0.15, 0.2) is 0 Å². The van der Waals surface area contributed by atoms with Crippen molar-refractivity contribution in [3.63, 3.8) is 0 Å². The first-order valence-electron chi connectivity index (χ1n) is 10.3. The lowest BCUT2D eigenvalue weighted by atomic mass is 9.92. The molecule has 29 heavy (non-hydrogen) atoms. The van der Waals surface area contributed by atoms with E-state index in [1.54, 1.807) is 18.7 Å². The van der Waals surface area contributed by atoms with Crippen LogP contribution < -0.4 is 11.1 Å². The predicted octanol–water partition coefficient (Wildman–Crippen LogP) is 2.73. The molecule has 0 bridgehead atoms. The maximum atomic E-state index is 11.9. The number of carbonyl (C=O) groups is 2. The summed E-state index contributed by atoms with van der Waals surface area (Å²) in [6, 6.07) is 0. The van der Waals surface area contributed by atoms with Crippen molar-refractivity contribution in [3.8, 4) is 0 Å². The Morgan fingerprint density at radius 3 is 2.24 bits per heavy atom. The topological polar surface area (TPSA) is 109 Å². The van der Waals surface area contributed by atoms with E-state index in [0.717, 1.165) is 17.9 Å². The number of esters is 1. The third-order valence-electron chi connectivity index (χ3n) is 3.88. The fraction of sp³-hybridized carbons (Fsp3) is 0.900. The van der Waals surface area contributed by atoms with Gasteiger partial charge in [-0.25, -0.2) is 4.79 Å². The Morgan fingerprint density at radius 2 is 1.66 bits per heavy atom. The standard InChI is InChI=1S/C20H40N2O6S/c1-6-20(21,17(23)27-7-2)9-8-15-29-16-14-26-13-12-25-11-10-22-18(24)28-19(3,4)5/h6-16,21H2,1-5H3,(H,22,24). The van der Waals surface area contributed by atoms with Gasteiger partial charge in [0, 0.05) is 12.3 Å². The summed E-state index contributed by atoms with van der Waals surface area (Å²) in [4.78, 5) is 23.3. The Bertz CT molecular complexity index is 459. The number of thioether (sulfide) groups is 1. The lowest BCUT2D eigenvalue weighted by Crippen LogP contribution is -2.48. The molecule has 0 aromatic carbocycles. The molecular weight excluding hydrogens is 396 g/mol. The molecule has 0 spiro atoms. The molecule has 0 heterocycles. The van der Waals surface area contributed by atoms with Gasteiger partial charge in [-0.2, -0.15) is 11.8 Å². The van der Waals surface area contributed by atoms with Crippen molar-refractivity contribution in [1.82, 2.24) is 5.32 Å². The van der Waals surface area contributed by atoms with E-state index in [1.807, 2.05) is 27.7 Å². The molecule has 3 N–H and O–H groups in total. The monoisotopic (exact) mass is 436 g/mol. The van der Waals surface area contributed by atoms with Gasteiger partial charge in [0.2, 0.25) is 0 Å². The number of alkyl carbamates (subject to hydrolysis) is 1. The summed E-state index contributed by atoms with van der Waals surface area (Å²) in [6.45, 7) is 12.0. The molecule has 172 valence electrons. The second-order valence-corrected chi connectivity index (χ2v) is 8.82. The number of nitrogens with two attached hydrogens (primary N) is 1. The molecule has 1 unspecified atom stereocenters. The van der Waals surface area contributed by atoms with Crippen molar-refractivity contribution in [1.29, 1.82) is 0 Å². The first-order chi connectivity index (χ1) is 13.6. The summed E-state index contributed by atoms with van der Waals surface area (Å²) in [6.07, 6.45) is 1.62. The molecule has 0 rings (SSSR count). The van der Waals surface area contributed by atoms with Crippen molar-refractivity contribution in [3.05, 3.63) is 0 Å².